The molecule has 0 N–H and O–H groups in total. The molecule has 262 valence electrons. The van der Waals surface area contributed by atoms with Gasteiger partial charge in [-0.25, -0.2) is 0 Å². The Kier molecular flexibility index (Phi) is 3.53. The van der Waals surface area contributed by atoms with Crippen molar-refractivity contribution in [2.24, 2.45) is 0 Å². The van der Waals surface area contributed by atoms with Gasteiger partial charge in [0.25, 0.3) is 0 Å². The molecule has 0 spiro atoms. The smallest absolute Gasteiger partial charge is 0.000000773 e. The van der Waals surface area contributed by atoms with E-state index < -0.39 is 0 Å². The predicted octanol–water partition coefficient (Wildman–Crippen LogP) is 17.4. The van der Waals surface area contributed by atoms with Gasteiger partial charge in [-0.3, -0.25) is 0 Å². The summed E-state index contributed by atoms with van der Waals surface area (Å²) in [6.07, 6.45) is 0. The zero-order valence-electron chi connectivity index (χ0n) is 31.7. The summed E-state index contributed by atoms with van der Waals surface area (Å²) < 4.78 is 0. The van der Waals surface area contributed by atoms with Gasteiger partial charge >= 0.3 is 0 Å². The lowest BCUT2D eigenvalue weighted by Gasteiger charge is -2.32. The molecular formula is C60H22. The van der Waals surface area contributed by atoms with E-state index >= 15 is 0 Å². The lowest BCUT2D eigenvalue weighted by atomic mass is 9.69. The van der Waals surface area contributed by atoms with E-state index in [9.17, 15) is 0 Å². The Hall–Kier alpha value is -7.80. The van der Waals surface area contributed by atoms with Gasteiger partial charge in [0, 0.05) is 0 Å². The van der Waals surface area contributed by atoms with Gasteiger partial charge in [-0.1, -0.05) is 133 Å². The molecule has 60 heavy (non-hydrogen) atoms. The number of hydrogen-bond donors (Lipinski definition) is 0. The van der Waals surface area contributed by atoms with E-state index in [-0.39, 0.29) is 0 Å². The molecule has 0 heterocycles. The molecule has 0 amide bonds. The van der Waals surface area contributed by atoms with Crippen LogP contribution in [0.5, 0.6) is 0 Å². The van der Waals surface area contributed by atoms with Crippen molar-refractivity contribution in [1.82, 2.24) is 0 Å². The summed E-state index contributed by atoms with van der Waals surface area (Å²) in [7, 11) is 0. The molecule has 0 heteroatoms. The maximum Gasteiger partial charge on any atom is -0.000000773 e. The molecule has 0 aliphatic heterocycles. The first-order chi connectivity index (χ1) is 29.9. The Morgan fingerprint density at radius 2 is 0.217 bits per heavy atom. The van der Waals surface area contributed by atoms with Crippen LogP contribution in [0.1, 0.15) is 0 Å². The Balaban J connectivity index is 1.34. The molecule has 0 radical (unpaired) electrons. The number of hydrogen-bond acceptors (Lipinski definition) is 0. The lowest BCUT2D eigenvalue weighted by Crippen LogP contribution is -2.03. The van der Waals surface area contributed by atoms with Gasteiger partial charge in [-0.2, -0.15) is 0 Å². The van der Waals surface area contributed by atoms with Crippen molar-refractivity contribution in [3.05, 3.63) is 133 Å². The van der Waals surface area contributed by atoms with E-state index in [1.165, 1.54) is 205 Å². The predicted molar refractivity (Wildman–Crippen MR) is 262 cm³/mol. The first kappa shape index (κ1) is 27.0. The van der Waals surface area contributed by atoms with Gasteiger partial charge in [-0.15, -0.1) is 0 Å². The third-order valence-corrected chi connectivity index (χ3v) is 16.9. The summed E-state index contributed by atoms with van der Waals surface area (Å²) in [5.41, 5.74) is 0. The highest BCUT2D eigenvalue weighted by molar-refractivity contribution is 6.67. The lowest BCUT2D eigenvalue weighted by molar-refractivity contribution is 1.82. The normalized spacial score (nSPS) is 14.3. The van der Waals surface area contributed by atoms with Gasteiger partial charge in [0.2, 0.25) is 0 Å². The van der Waals surface area contributed by atoms with Crippen LogP contribution in [0, 0.1) is 0 Å². The Bertz CT molecular complexity index is 4670. The second kappa shape index (κ2) is 7.85. The first-order valence-corrected chi connectivity index (χ1v) is 21.5. The van der Waals surface area contributed by atoms with Gasteiger partial charge in [0.1, 0.15) is 0 Å². The minimum atomic E-state index is 1.38. The Morgan fingerprint density at radius 1 is 0.100 bits per heavy atom. The van der Waals surface area contributed by atoms with Gasteiger partial charge in [0.05, 0.1) is 0 Å². The third-order valence-electron chi connectivity index (χ3n) is 16.9. The van der Waals surface area contributed by atoms with E-state index in [4.69, 9.17) is 0 Å². The highest BCUT2D eigenvalue weighted by atomic mass is 14.4. The van der Waals surface area contributed by atoms with E-state index in [1.54, 1.807) is 0 Å². The molecule has 20 aromatic carbocycles. The monoisotopic (exact) mass is 742 g/mol. The average molecular weight is 743 g/mol. The summed E-state index contributed by atoms with van der Waals surface area (Å²) in [6, 6.07) is 52.9. The van der Waals surface area contributed by atoms with Crippen LogP contribution in [0.3, 0.4) is 0 Å². The van der Waals surface area contributed by atoms with Crippen molar-refractivity contribution in [3.63, 3.8) is 0 Å². The van der Waals surface area contributed by atoms with Crippen LogP contribution in [-0.4, -0.2) is 0 Å². The molecule has 0 aromatic heterocycles. The van der Waals surface area contributed by atoms with E-state index in [2.05, 4.69) is 133 Å². The fourth-order valence-corrected chi connectivity index (χ4v) is 15.3. The highest BCUT2D eigenvalue weighted by Gasteiger charge is 2.36. The topological polar surface area (TPSA) is 0 Å². The fourth-order valence-electron chi connectivity index (χ4n) is 15.3. The van der Waals surface area contributed by atoms with Crippen LogP contribution >= 0.6 is 0 Å². The summed E-state index contributed by atoms with van der Waals surface area (Å²) in [5.74, 6) is 0. The summed E-state index contributed by atoms with van der Waals surface area (Å²) in [6.45, 7) is 0. The molecule has 0 saturated heterocycles. The first-order valence-electron chi connectivity index (χ1n) is 21.5. The van der Waals surface area contributed by atoms with Crippen LogP contribution in [0.25, 0.3) is 205 Å². The zero-order chi connectivity index (χ0) is 37.5. The van der Waals surface area contributed by atoms with E-state index in [1.807, 2.05) is 0 Å². The van der Waals surface area contributed by atoms with Crippen molar-refractivity contribution < 1.29 is 0 Å². The maximum atomic E-state index is 2.50. The van der Waals surface area contributed by atoms with E-state index in [0.717, 1.165) is 0 Å². The molecule has 20 aromatic rings. The van der Waals surface area contributed by atoms with Crippen molar-refractivity contribution in [2.75, 3.05) is 0 Å². The van der Waals surface area contributed by atoms with E-state index in [0.29, 0.717) is 0 Å². The standard InChI is InChI=1S/C60H22/c1-7-23-27-11-3-15-31-35-19-21-37-33-17-5-13-29-25-9-2-10-26-30-14-6-18-34-38-22-20-36-32-16-4-12-28-24(8-1)39(23)49-51(41(27)31)55-45(35)47(37)57-53(43(29)33)50(40(25)26)54(44(30)34)58-48(38)46(36)56(52(49)42(28)32)59(55)60(57)58/h1-22H. The molecule has 0 atom stereocenters. The van der Waals surface area contributed by atoms with Crippen molar-refractivity contribution >= 4 is 205 Å². The molecule has 0 aliphatic rings. The van der Waals surface area contributed by atoms with Crippen LogP contribution in [0.2, 0.25) is 0 Å². The quantitative estimate of drug-likeness (QED) is 0.107. The Labute approximate surface area is 336 Å². The second-order valence-corrected chi connectivity index (χ2v) is 18.7. The highest BCUT2D eigenvalue weighted by Crippen LogP contribution is 2.65. The largest absolute Gasteiger partial charge is 0.0610 e. The molecule has 20 rings (SSSR count). The summed E-state index contributed by atoms with van der Waals surface area (Å²) in [4.78, 5) is 0. The van der Waals surface area contributed by atoms with Gasteiger partial charge < -0.3 is 0 Å². The molecule has 0 nitrogen and oxygen atoms in total. The van der Waals surface area contributed by atoms with Crippen LogP contribution < -0.4 is 0 Å². The zero-order valence-corrected chi connectivity index (χ0v) is 31.7. The van der Waals surface area contributed by atoms with Gasteiger partial charge in [0.15, 0.2) is 0 Å². The number of benzene rings is 20. The van der Waals surface area contributed by atoms with Crippen LogP contribution in [0.15, 0.2) is 133 Å². The molecule has 0 aliphatic carbocycles. The molecule has 0 fully saturated rings. The molecule has 0 bridgehead atoms. The summed E-state index contributed by atoms with van der Waals surface area (Å²) in [5, 5.41) is 54.4. The van der Waals surface area contributed by atoms with Crippen molar-refractivity contribution in [2.45, 2.75) is 0 Å². The minimum Gasteiger partial charge on any atom is -0.0610 e. The third kappa shape index (κ3) is 2.22. The Morgan fingerprint density at radius 3 is 0.383 bits per heavy atom. The number of rotatable bonds is 0. The minimum absolute atomic E-state index is 1.38. The number of fused-ring (bicyclic) bond motifs is 8. The molecule has 0 unspecified atom stereocenters. The SMILES string of the molecule is c1cc2c3cccc4c5ccc6c7cccc8c9cccc%10c%11cccc%12c%13ccc%14c%15cccc%16c(c1)c2c1c(c34)c2c5c6c3c(c87)c(c9%10)c(c%11%12)c4c%13c%14c(c1c%16%15)c2c34. The van der Waals surface area contributed by atoms with Crippen molar-refractivity contribution in [3.8, 4) is 0 Å². The molecule has 0 saturated carbocycles. The maximum absolute atomic E-state index is 2.50. The van der Waals surface area contributed by atoms with Crippen LogP contribution in [-0.2, 0) is 0 Å². The fraction of sp³-hybridized carbons (Fsp3) is 0. The van der Waals surface area contributed by atoms with Crippen LogP contribution in [0.4, 0.5) is 0 Å². The van der Waals surface area contributed by atoms with Crippen molar-refractivity contribution in [1.29, 1.82) is 0 Å². The summed E-state index contributed by atoms with van der Waals surface area (Å²) >= 11 is 0. The molecular weight excluding hydrogens is 721 g/mol. The average Bonchev–Trinajstić information content (AvgIpc) is 3.31. The van der Waals surface area contributed by atoms with Gasteiger partial charge in [-0.05, 0) is 205 Å². The second-order valence-electron chi connectivity index (χ2n) is 18.7.